The second-order valence-electron chi connectivity index (χ2n) is 3.81. The number of nitrogens with zero attached hydrogens (tertiary/aromatic N) is 2. The Bertz CT molecular complexity index is 725. The SMILES string of the molecule is Cc1cc(=O)c(C(=O)O)nn1-c1cc(Cl)ccc1Cl. The van der Waals surface area contributed by atoms with Crippen LogP contribution in [0.3, 0.4) is 0 Å². The molecule has 0 aliphatic rings. The summed E-state index contributed by atoms with van der Waals surface area (Å²) in [5.41, 5.74) is -0.352. The predicted molar refractivity (Wildman–Crippen MR) is 71.6 cm³/mol. The fourth-order valence-corrected chi connectivity index (χ4v) is 1.95. The second kappa shape index (κ2) is 5.03. The number of hydrogen-bond acceptors (Lipinski definition) is 3. The van der Waals surface area contributed by atoms with E-state index in [0.29, 0.717) is 21.4 Å². The van der Waals surface area contributed by atoms with Gasteiger partial charge in [0.15, 0.2) is 0 Å². The molecular weight excluding hydrogens is 291 g/mol. The van der Waals surface area contributed by atoms with Crippen molar-refractivity contribution in [3.05, 3.63) is 55.9 Å². The Morgan fingerprint density at radius 1 is 1.32 bits per heavy atom. The molecule has 98 valence electrons. The maximum atomic E-state index is 11.5. The van der Waals surface area contributed by atoms with E-state index < -0.39 is 17.1 Å². The van der Waals surface area contributed by atoms with E-state index in [-0.39, 0.29) is 0 Å². The van der Waals surface area contributed by atoms with Gasteiger partial charge in [-0.25, -0.2) is 9.48 Å². The van der Waals surface area contributed by atoms with Crippen molar-refractivity contribution >= 4 is 29.2 Å². The van der Waals surface area contributed by atoms with Gasteiger partial charge in [-0.05, 0) is 25.1 Å². The zero-order valence-electron chi connectivity index (χ0n) is 9.72. The van der Waals surface area contributed by atoms with Crippen LogP contribution in [0.15, 0.2) is 29.1 Å². The molecule has 0 spiro atoms. The van der Waals surface area contributed by atoms with Gasteiger partial charge >= 0.3 is 5.97 Å². The third-order valence-electron chi connectivity index (χ3n) is 2.45. The quantitative estimate of drug-likeness (QED) is 0.925. The van der Waals surface area contributed by atoms with Gasteiger partial charge in [0.05, 0.1) is 10.7 Å². The zero-order valence-corrected chi connectivity index (χ0v) is 11.2. The van der Waals surface area contributed by atoms with Crippen molar-refractivity contribution in [2.75, 3.05) is 0 Å². The number of aromatic carboxylic acids is 1. The van der Waals surface area contributed by atoms with Gasteiger partial charge in [0, 0.05) is 16.8 Å². The molecule has 0 radical (unpaired) electrons. The summed E-state index contributed by atoms with van der Waals surface area (Å²) in [7, 11) is 0. The van der Waals surface area contributed by atoms with Crippen LogP contribution in [0.4, 0.5) is 0 Å². The van der Waals surface area contributed by atoms with Crippen LogP contribution in [-0.2, 0) is 0 Å². The maximum absolute atomic E-state index is 11.5. The summed E-state index contributed by atoms with van der Waals surface area (Å²) in [6, 6.07) is 5.90. The molecule has 0 aliphatic carbocycles. The van der Waals surface area contributed by atoms with Crippen LogP contribution in [0.2, 0.25) is 10.0 Å². The van der Waals surface area contributed by atoms with Crippen molar-refractivity contribution in [1.82, 2.24) is 9.78 Å². The lowest BCUT2D eigenvalue weighted by Gasteiger charge is -2.11. The molecule has 0 saturated carbocycles. The van der Waals surface area contributed by atoms with E-state index in [1.165, 1.54) is 10.7 Å². The van der Waals surface area contributed by atoms with E-state index in [2.05, 4.69) is 5.10 Å². The third-order valence-corrected chi connectivity index (χ3v) is 3.00. The molecular formula is C12H8Cl2N2O3. The molecule has 19 heavy (non-hydrogen) atoms. The summed E-state index contributed by atoms with van der Waals surface area (Å²) >= 11 is 11.9. The molecule has 1 aromatic carbocycles. The number of rotatable bonds is 2. The van der Waals surface area contributed by atoms with Crippen molar-refractivity contribution in [2.45, 2.75) is 6.92 Å². The molecule has 2 aromatic rings. The number of carbonyl (C=O) groups is 1. The Labute approximate surface area is 118 Å². The Kier molecular flexibility index (Phi) is 3.59. The largest absolute Gasteiger partial charge is 0.476 e. The van der Waals surface area contributed by atoms with Crippen molar-refractivity contribution < 1.29 is 9.90 Å². The second-order valence-corrected chi connectivity index (χ2v) is 4.65. The summed E-state index contributed by atoms with van der Waals surface area (Å²) in [4.78, 5) is 22.4. The highest BCUT2D eigenvalue weighted by Gasteiger charge is 2.15. The minimum atomic E-state index is -1.39. The molecule has 2 rings (SSSR count). The van der Waals surface area contributed by atoms with Gasteiger partial charge in [-0.15, -0.1) is 0 Å². The van der Waals surface area contributed by atoms with Crippen LogP contribution in [0.5, 0.6) is 0 Å². The van der Waals surface area contributed by atoms with E-state index in [1.54, 1.807) is 25.1 Å². The summed E-state index contributed by atoms with van der Waals surface area (Å²) in [6.45, 7) is 1.62. The summed E-state index contributed by atoms with van der Waals surface area (Å²) < 4.78 is 1.28. The fourth-order valence-electron chi connectivity index (χ4n) is 1.59. The molecule has 0 saturated heterocycles. The van der Waals surface area contributed by atoms with Gasteiger partial charge in [-0.1, -0.05) is 23.2 Å². The van der Waals surface area contributed by atoms with Crippen molar-refractivity contribution in [3.63, 3.8) is 0 Å². The topological polar surface area (TPSA) is 72.2 Å². The van der Waals surface area contributed by atoms with Gasteiger partial charge in [0.25, 0.3) is 0 Å². The first-order valence-electron chi connectivity index (χ1n) is 5.20. The molecule has 1 N–H and O–H groups in total. The monoisotopic (exact) mass is 298 g/mol. The number of carboxylic acid groups (broad SMARTS) is 1. The van der Waals surface area contributed by atoms with Crippen molar-refractivity contribution in [1.29, 1.82) is 0 Å². The Morgan fingerprint density at radius 3 is 2.63 bits per heavy atom. The van der Waals surface area contributed by atoms with Gasteiger partial charge in [-0.2, -0.15) is 5.10 Å². The number of halogens is 2. The summed E-state index contributed by atoms with van der Waals surface area (Å²) in [6.07, 6.45) is 0. The first kappa shape index (κ1) is 13.6. The standard InChI is InChI=1S/C12H8Cl2N2O3/c1-6-4-10(17)11(12(18)19)15-16(6)9-5-7(13)2-3-8(9)14/h2-5H,1H3,(H,18,19). The Hall–Kier alpha value is -1.85. The van der Waals surface area contributed by atoms with E-state index in [4.69, 9.17) is 28.3 Å². The van der Waals surface area contributed by atoms with Crippen LogP contribution in [0, 0.1) is 6.92 Å². The highest BCUT2D eigenvalue weighted by Crippen LogP contribution is 2.24. The first-order chi connectivity index (χ1) is 8.90. The predicted octanol–water partition coefficient (Wildman–Crippen LogP) is 2.55. The lowest BCUT2D eigenvalue weighted by molar-refractivity contribution is 0.0686. The molecule has 1 aromatic heterocycles. The molecule has 0 aliphatic heterocycles. The molecule has 0 atom stereocenters. The Balaban J connectivity index is 2.75. The number of hydrogen-bond donors (Lipinski definition) is 1. The number of aromatic nitrogens is 2. The van der Waals surface area contributed by atoms with Gasteiger partial charge in [0.2, 0.25) is 11.1 Å². The lowest BCUT2D eigenvalue weighted by Crippen LogP contribution is -2.22. The summed E-state index contributed by atoms with van der Waals surface area (Å²) in [5.74, 6) is -1.39. The van der Waals surface area contributed by atoms with Gasteiger partial charge < -0.3 is 5.11 Å². The molecule has 0 fully saturated rings. The normalized spacial score (nSPS) is 10.5. The summed E-state index contributed by atoms with van der Waals surface area (Å²) in [5, 5.41) is 13.5. The average molecular weight is 299 g/mol. The minimum Gasteiger partial charge on any atom is -0.476 e. The number of aryl methyl sites for hydroxylation is 1. The minimum absolute atomic E-state index is 0.347. The number of benzene rings is 1. The van der Waals surface area contributed by atoms with Crippen LogP contribution in [-0.4, -0.2) is 20.9 Å². The van der Waals surface area contributed by atoms with E-state index in [0.717, 1.165) is 0 Å². The molecule has 1 heterocycles. The van der Waals surface area contributed by atoms with E-state index in [1.807, 2.05) is 0 Å². The zero-order chi connectivity index (χ0) is 14.2. The smallest absolute Gasteiger partial charge is 0.360 e. The van der Waals surface area contributed by atoms with Crippen LogP contribution in [0.1, 0.15) is 16.2 Å². The van der Waals surface area contributed by atoms with Crippen molar-refractivity contribution in [2.24, 2.45) is 0 Å². The van der Waals surface area contributed by atoms with Crippen molar-refractivity contribution in [3.8, 4) is 5.69 Å². The molecule has 0 bridgehead atoms. The van der Waals surface area contributed by atoms with Gasteiger partial charge in [-0.3, -0.25) is 4.79 Å². The van der Waals surface area contributed by atoms with Crippen LogP contribution < -0.4 is 5.43 Å². The number of carboxylic acids is 1. The highest BCUT2D eigenvalue weighted by molar-refractivity contribution is 6.34. The first-order valence-corrected chi connectivity index (χ1v) is 5.95. The maximum Gasteiger partial charge on any atom is 0.360 e. The molecule has 0 unspecified atom stereocenters. The Morgan fingerprint density at radius 2 is 2.00 bits per heavy atom. The lowest BCUT2D eigenvalue weighted by atomic mass is 10.3. The van der Waals surface area contributed by atoms with Crippen LogP contribution in [0.25, 0.3) is 5.69 Å². The average Bonchev–Trinajstić information content (AvgIpc) is 2.32. The van der Waals surface area contributed by atoms with Gasteiger partial charge in [0.1, 0.15) is 0 Å². The van der Waals surface area contributed by atoms with Crippen LogP contribution >= 0.6 is 23.2 Å². The fraction of sp³-hybridized carbons (Fsp3) is 0.0833. The third kappa shape index (κ3) is 2.62. The molecule has 0 amide bonds. The molecule has 5 nitrogen and oxygen atoms in total. The highest BCUT2D eigenvalue weighted by atomic mass is 35.5. The van der Waals surface area contributed by atoms with E-state index in [9.17, 15) is 9.59 Å². The van der Waals surface area contributed by atoms with E-state index >= 15 is 0 Å². The molecule has 7 heteroatoms.